The molecule has 0 heterocycles. The molecule has 0 saturated heterocycles. The molecule has 26 heavy (non-hydrogen) atoms. The fourth-order valence-corrected chi connectivity index (χ4v) is 5.18. The van der Waals surface area contributed by atoms with Crippen LogP contribution in [0.4, 0.5) is 0 Å². The molecule has 1 fully saturated rings. The number of carbonyl (C=O) groups excluding carboxylic acids is 1. The average molecular weight is 368 g/mol. The topological polar surface area (TPSA) is 40.1 Å². The summed E-state index contributed by atoms with van der Waals surface area (Å²) < 4.78 is 0.451. The molecule has 1 rings (SSSR count). The second kappa shape index (κ2) is 10.7. The van der Waals surface area contributed by atoms with Crippen molar-refractivity contribution >= 4 is 5.97 Å². The van der Waals surface area contributed by atoms with Gasteiger partial charge in [-0.1, -0.05) is 84.0 Å². The summed E-state index contributed by atoms with van der Waals surface area (Å²) in [5.41, 5.74) is -0.920. The lowest BCUT2D eigenvalue weighted by Gasteiger charge is -2.57. The molecule has 0 spiro atoms. The average Bonchev–Trinajstić information content (AvgIpc) is 2.59. The number of rotatable bonds is 13. The Hall–Kier alpha value is -0.570. The maximum atomic E-state index is 12.3. The summed E-state index contributed by atoms with van der Waals surface area (Å²) in [6.07, 6.45) is 18.6. The van der Waals surface area contributed by atoms with E-state index in [0.29, 0.717) is 4.48 Å². The van der Waals surface area contributed by atoms with Crippen molar-refractivity contribution in [3.8, 4) is 0 Å². The van der Waals surface area contributed by atoms with Gasteiger partial charge in [-0.15, -0.1) is 0 Å². The molecule has 0 aromatic rings. The zero-order valence-electron chi connectivity index (χ0n) is 18.4. The Balaban J connectivity index is 2.60. The summed E-state index contributed by atoms with van der Waals surface area (Å²) >= 11 is 0. The van der Waals surface area contributed by atoms with Gasteiger partial charge in [-0.25, -0.2) is 0 Å². The van der Waals surface area contributed by atoms with E-state index < -0.39 is 11.5 Å². The number of hydrogen-bond donors (Lipinski definition) is 0. The summed E-state index contributed by atoms with van der Waals surface area (Å²) in [6, 6.07) is 0. The van der Waals surface area contributed by atoms with E-state index in [-0.39, 0.29) is 5.41 Å². The van der Waals surface area contributed by atoms with Crippen LogP contribution in [0.3, 0.4) is 0 Å². The first-order valence-electron chi connectivity index (χ1n) is 11.2. The van der Waals surface area contributed by atoms with Gasteiger partial charge in [0.05, 0.1) is 21.1 Å². The zero-order valence-corrected chi connectivity index (χ0v) is 18.4. The van der Waals surface area contributed by atoms with Crippen LogP contribution in [0.5, 0.6) is 0 Å². The third kappa shape index (κ3) is 5.71. The van der Waals surface area contributed by atoms with Crippen molar-refractivity contribution in [2.75, 3.05) is 21.1 Å². The Morgan fingerprint density at radius 3 is 1.77 bits per heavy atom. The monoisotopic (exact) mass is 367 g/mol. The minimum absolute atomic E-state index is 0.108. The Bertz CT molecular complexity index is 407. The molecule has 1 atom stereocenters. The van der Waals surface area contributed by atoms with Gasteiger partial charge in [-0.2, -0.15) is 0 Å². The van der Waals surface area contributed by atoms with Crippen LogP contribution in [0.1, 0.15) is 110 Å². The van der Waals surface area contributed by atoms with E-state index in [2.05, 4.69) is 6.92 Å². The van der Waals surface area contributed by atoms with Crippen LogP contribution in [0, 0.1) is 5.41 Å². The van der Waals surface area contributed by atoms with Gasteiger partial charge in [-0.05, 0) is 26.2 Å². The number of carboxylic acid groups (broad SMARTS) is 1. The van der Waals surface area contributed by atoms with Gasteiger partial charge >= 0.3 is 0 Å². The lowest BCUT2D eigenvalue weighted by Crippen LogP contribution is -2.72. The van der Waals surface area contributed by atoms with E-state index in [0.717, 1.165) is 25.7 Å². The van der Waals surface area contributed by atoms with E-state index in [1.807, 2.05) is 28.1 Å². The Kier molecular flexibility index (Phi) is 9.64. The first-order chi connectivity index (χ1) is 12.2. The Labute approximate surface area is 163 Å². The van der Waals surface area contributed by atoms with Crippen LogP contribution in [-0.2, 0) is 4.79 Å². The van der Waals surface area contributed by atoms with E-state index in [9.17, 15) is 9.90 Å². The molecule has 1 unspecified atom stereocenters. The summed E-state index contributed by atoms with van der Waals surface area (Å²) in [5, 5.41) is 12.3. The number of quaternary nitrogens is 1. The minimum atomic E-state index is -0.858. The molecule has 1 saturated carbocycles. The first-order valence-corrected chi connectivity index (χ1v) is 11.2. The van der Waals surface area contributed by atoms with Crippen LogP contribution in [0.2, 0.25) is 0 Å². The molecule has 0 N–H and O–H groups in total. The number of aliphatic carboxylic acids is 1. The first kappa shape index (κ1) is 23.5. The Morgan fingerprint density at radius 1 is 0.885 bits per heavy atom. The van der Waals surface area contributed by atoms with Crippen molar-refractivity contribution in [2.24, 2.45) is 5.41 Å². The zero-order chi connectivity index (χ0) is 19.7. The van der Waals surface area contributed by atoms with E-state index in [4.69, 9.17) is 0 Å². The van der Waals surface area contributed by atoms with E-state index in [1.165, 1.54) is 70.6 Å². The number of carbonyl (C=O) groups is 1. The molecule has 0 radical (unpaired) electrons. The number of likely N-dealkylation sites (N-methyl/N-ethyl adjacent to an activating group) is 1. The smallest absolute Gasteiger partial charge is 0.141 e. The minimum Gasteiger partial charge on any atom is -0.544 e. The van der Waals surface area contributed by atoms with Crippen LogP contribution in [-0.4, -0.2) is 37.1 Å². The fourth-order valence-electron chi connectivity index (χ4n) is 5.18. The predicted molar refractivity (Wildman–Crippen MR) is 109 cm³/mol. The van der Waals surface area contributed by atoms with Gasteiger partial charge in [0.15, 0.2) is 0 Å². The summed E-state index contributed by atoms with van der Waals surface area (Å²) in [6.45, 7) is 4.22. The largest absolute Gasteiger partial charge is 0.544 e. The number of hydrogen-bond acceptors (Lipinski definition) is 2. The maximum Gasteiger partial charge on any atom is 0.141 e. The normalized spacial score (nSPS) is 19.9. The quantitative estimate of drug-likeness (QED) is 0.337. The van der Waals surface area contributed by atoms with Crippen molar-refractivity contribution in [2.45, 2.75) is 116 Å². The lowest BCUT2D eigenvalue weighted by molar-refractivity contribution is -0.923. The third-order valence-corrected chi connectivity index (χ3v) is 7.34. The van der Waals surface area contributed by atoms with Crippen LogP contribution < -0.4 is 5.11 Å². The van der Waals surface area contributed by atoms with Crippen molar-refractivity contribution in [1.29, 1.82) is 0 Å². The maximum absolute atomic E-state index is 12.3. The van der Waals surface area contributed by atoms with Gasteiger partial charge in [-0.3, -0.25) is 0 Å². The Morgan fingerprint density at radius 2 is 1.35 bits per heavy atom. The van der Waals surface area contributed by atoms with Gasteiger partial charge < -0.3 is 14.4 Å². The van der Waals surface area contributed by atoms with Crippen molar-refractivity contribution in [3.05, 3.63) is 0 Å². The summed E-state index contributed by atoms with van der Waals surface area (Å²) in [4.78, 5) is 12.3. The molecule has 1 aliphatic carbocycles. The second-order valence-electron chi connectivity index (χ2n) is 9.79. The standard InChI is InChI=1S/C23H45NO2/c1-6-7-8-9-10-11-12-13-15-18-23(19-16-14-17-20-23)22(2,21(25)26)24(3,4)5/h6-20H2,1-5H3. The molecule has 0 amide bonds. The van der Waals surface area contributed by atoms with Crippen molar-refractivity contribution in [3.63, 3.8) is 0 Å². The van der Waals surface area contributed by atoms with Gasteiger partial charge in [0, 0.05) is 5.41 Å². The van der Waals surface area contributed by atoms with Gasteiger partial charge in [0.1, 0.15) is 11.5 Å². The molecule has 3 nitrogen and oxygen atoms in total. The highest BCUT2D eigenvalue weighted by Gasteiger charge is 2.57. The van der Waals surface area contributed by atoms with Crippen LogP contribution in [0.15, 0.2) is 0 Å². The second-order valence-corrected chi connectivity index (χ2v) is 9.79. The number of unbranched alkanes of at least 4 members (excludes halogenated alkanes) is 8. The fraction of sp³-hybridized carbons (Fsp3) is 0.957. The highest BCUT2D eigenvalue weighted by Crippen LogP contribution is 2.52. The molecule has 1 aliphatic rings. The molecular formula is C23H45NO2. The number of nitrogens with zero attached hydrogens (tertiary/aromatic N) is 1. The van der Waals surface area contributed by atoms with Crippen LogP contribution >= 0.6 is 0 Å². The molecule has 0 aromatic heterocycles. The molecular weight excluding hydrogens is 322 g/mol. The summed E-state index contributed by atoms with van der Waals surface area (Å²) in [7, 11) is 6.09. The SMILES string of the molecule is CCCCCCCCCCCC1(C(C)(C(=O)[O-])[N+](C)(C)C)CCCCC1. The predicted octanol–water partition coefficient (Wildman–Crippen LogP) is 5.07. The summed E-state index contributed by atoms with van der Waals surface area (Å²) in [5.74, 6) is -0.858. The third-order valence-electron chi connectivity index (χ3n) is 7.34. The molecule has 0 aliphatic heterocycles. The highest BCUT2D eigenvalue weighted by molar-refractivity contribution is 5.76. The highest BCUT2D eigenvalue weighted by atomic mass is 16.4. The van der Waals surface area contributed by atoms with Crippen molar-refractivity contribution in [1.82, 2.24) is 0 Å². The van der Waals surface area contributed by atoms with Gasteiger partial charge in [0.2, 0.25) is 0 Å². The molecule has 0 bridgehead atoms. The van der Waals surface area contributed by atoms with E-state index in [1.54, 1.807) is 0 Å². The van der Waals surface area contributed by atoms with Crippen molar-refractivity contribution < 1.29 is 14.4 Å². The van der Waals surface area contributed by atoms with E-state index >= 15 is 0 Å². The van der Waals surface area contributed by atoms with Crippen LogP contribution in [0.25, 0.3) is 0 Å². The molecule has 154 valence electrons. The van der Waals surface area contributed by atoms with Gasteiger partial charge in [0.25, 0.3) is 0 Å². The molecule has 0 aromatic carbocycles. The number of carboxylic acids is 1. The lowest BCUT2D eigenvalue weighted by atomic mass is 9.58. The molecule has 3 heteroatoms.